The fourth-order valence-electron chi connectivity index (χ4n) is 3.71. The van der Waals surface area contributed by atoms with Crippen molar-refractivity contribution < 1.29 is 14.0 Å². The number of anilines is 1. The molecule has 1 unspecified atom stereocenters. The highest BCUT2D eigenvalue weighted by Crippen LogP contribution is 2.33. The van der Waals surface area contributed by atoms with E-state index in [4.69, 9.17) is 0 Å². The van der Waals surface area contributed by atoms with E-state index in [1.807, 2.05) is 10.3 Å². The lowest BCUT2D eigenvalue weighted by Crippen LogP contribution is -2.32. The molecule has 136 valence electrons. The van der Waals surface area contributed by atoms with Crippen LogP contribution in [0.2, 0.25) is 0 Å². The highest BCUT2D eigenvalue weighted by atomic mass is 32.1. The summed E-state index contributed by atoms with van der Waals surface area (Å²) < 4.78 is 13.2. The summed E-state index contributed by atoms with van der Waals surface area (Å²) in [5.74, 6) is -0.134. The monoisotopic (exact) mass is 373 g/mol. The molecule has 2 fully saturated rings. The Hall–Kier alpha value is -2.28. The molecule has 2 saturated heterocycles. The molecule has 4 rings (SSSR count). The van der Waals surface area contributed by atoms with E-state index < -0.39 is 0 Å². The van der Waals surface area contributed by atoms with E-state index in [-0.39, 0.29) is 30.1 Å². The molecule has 2 aromatic rings. The number of benzene rings is 1. The van der Waals surface area contributed by atoms with Crippen LogP contribution < -0.4 is 4.90 Å². The third-order valence-corrected chi connectivity index (χ3v) is 5.92. The summed E-state index contributed by atoms with van der Waals surface area (Å²) in [5, 5.41) is 2.55. The number of hydrogen-bond donors (Lipinski definition) is 0. The first-order valence-corrected chi connectivity index (χ1v) is 9.79. The highest BCUT2D eigenvalue weighted by Gasteiger charge is 2.30. The van der Waals surface area contributed by atoms with Crippen LogP contribution in [0.4, 0.5) is 9.52 Å². The van der Waals surface area contributed by atoms with Crippen LogP contribution >= 0.6 is 11.3 Å². The molecule has 0 bridgehead atoms. The maximum absolute atomic E-state index is 13.2. The summed E-state index contributed by atoms with van der Waals surface area (Å²) in [4.78, 5) is 32.7. The lowest BCUT2D eigenvalue weighted by Gasteiger charge is -2.25. The third kappa shape index (κ3) is 3.35. The van der Waals surface area contributed by atoms with Crippen LogP contribution in [-0.2, 0) is 16.0 Å². The summed E-state index contributed by atoms with van der Waals surface area (Å²) in [5.41, 5.74) is 1.68. The standard InChI is InChI=1S/C19H20FN3O2S/c20-14-7-5-13(6-8-14)16-3-1-9-22(16)18(25)11-15-12-26-19(21-15)23-10-2-4-17(23)24/h5-8,12,16H,1-4,9-11H2. The molecule has 2 aliphatic rings. The van der Waals surface area contributed by atoms with E-state index in [0.29, 0.717) is 30.3 Å². The Morgan fingerprint density at radius 1 is 1.23 bits per heavy atom. The summed E-state index contributed by atoms with van der Waals surface area (Å²) >= 11 is 1.42. The van der Waals surface area contributed by atoms with Gasteiger partial charge in [-0.2, -0.15) is 0 Å². The first kappa shape index (κ1) is 17.1. The van der Waals surface area contributed by atoms with Crippen LogP contribution in [0, 0.1) is 5.82 Å². The molecule has 1 aromatic heterocycles. The van der Waals surface area contributed by atoms with Crippen molar-refractivity contribution in [3.05, 3.63) is 46.7 Å². The van der Waals surface area contributed by atoms with Crippen molar-refractivity contribution in [2.45, 2.75) is 38.1 Å². The highest BCUT2D eigenvalue weighted by molar-refractivity contribution is 7.14. The molecule has 5 nitrogen and oxygen atoms in total. The minimum atomic E-state index is -0.268. The van der Waals surface area contributed by atoms with Crippen molar-refractivity contribution >= 4 is 28.3 Å². The second-order valence-corrected chi connectivity index (χ2v) is 7.58. The van der Waals surface area contributed by atoms with Gasteiger partial charge in [0.1, 0.15) is 5.82 Å². The van der Waals surface area contributed by atoms with Crippen molar-refractivity contribution in [2.24, 2.45) is 0 Å². The lowest BCUT2D eigenvalue weighted by molar-refractivity contribution is -0.131. The fourth-order valence-corrected chi connectivity index (χ4v) is 4.57. The topological polar surface area (TPSA) is 53.5 Å². The van der Waals surface area contributed by atoms with E-state index in [1.54, 1.807) is 17.0 Å². The number of halogens is 1. The molecule has 0 N–H and O–H groups in total. The zero-order valence-corrected chi connectivity index (χ0v) is 15.2. The van der Waals surface area contributed by atoms with Crippen molar-refractivity contribution in [3.63, 3.8) is 0 Å². The van der Waals surface area contributed by atoms with Gasteiger partial charge in [0, 0.05) is 24.9 Å². The number of hydrogen-bond acceptors (Lipinski definition) is 4. The fraction of sp³-hybridized carbons (Fsp3) is 0.421. The van der Waals surface area contributed by atoms with Gasteiger partial charge in [0.15, 0.2) is 5.13 Å². The molecule has 2 amide bonds. The molecule has 0 aliphatic carbocycles. The number of rotatable bonds is 4. The average molecular weight is 373 g/mol. The molecule has 1 aromatic carbocycles. The molecule has 0 spiro atoms. The molecular weight excluding hydrogens is 353 g/mol. The summed E-state index contributed by atoms with van der Waals surface area (Å²) in [6.45, 7) is 1.42. The van der Waals surface area contributed by atoms with Gasteiger partial charge in [0.05, 0.1) is 18.2 Å². The van der Waals surface area contributed by atoms with Crippen LogP contribution in [0.15, 0.2) is 29.6 Å². The first-order chi connectivity index (χ1) is 12.6. The molecule has 1 atom stereocenters. The SMILES string of the molecule is O=C1CCCN1c1nc(CC(=O)N2CCCC2c2ccc(F)cc2)cs1. The third-order valence-electron chi connectivity index (χ3n) is 5.00. The quantitative estimate of drug-likeness (QED) is 0.826. The average Bonchev–Trinajstić information content (AvgIpc) is 3.35. The van der Waals surface area contributed by atoms with E-state index >= 15 is 0 Å². The second kappa shape index (κ2) is 7.15. The Kier molecular flexibility index (Phi) is 4.72. The van der Waals surface area contributed by atoms with Crippen LogP contribution in [0.1, 0.15) is 43.0 Å². The summed E-state index contributed by atoms with van der Waals surface area (Å²) in [7, 11) is 0. The van der Waals surface area contributed by atoms with Gasteiger partial charge in [-0.3, -0.25) is 14.5 Å². The van der Waals surface area contributed by atoms with Crippen LogP contribution in [0.3, 0.4) is 0 Å². The van der Waals surface area contributed by atoms with Crippen LogP contribution in [0.25, 0.3) is 0 Å². The molecule has 0 saturated carbocycles. The van der Waals surface area contributed by atoms with E-state index in [2.05, 4.69) is 4.98 Å². The maximum Gasteiger partial charge on any atom is 0.229 e. The largest absolute Gasteiger partial charge is 0.335 e. The number of nitrogens with zero attached hydrogens (tertiary/aromatic N) is 3. The van der Waals surface area contributed by atoms with Gasteiger partial charge >= 0.3 is 0 Å². The Labute approximate surface area is 155 Å². The van der Waals surface area contributed by atoms with Gasteiger partial charge in [0.25, 0.3) is 0 Å². The number of likely N-dealkylation sites (tertiary alicyclic amines) is 1. The number of carbonyl (C=O) groups excluding carboxylic acids is 2. The van der Waals surface area contributed by atoms with Crippen LogP contribution in [0.5, 0.6) is 0 Å². The molecule has 0 radical (unpaired) electrons. The number of thiazole rings is 1. The van der Waals surface area contributed by atoms with Gasteiger partial charge in [-0.05, 0) is 37.0 Å². The zero-order chi connectivity index (χ0) is 18.1. The second-order valence-electron chi connectivity index (χ2n) is 6.74. The molecule has 2 aliphatic heterocycles. The number of carbonyl (C=O) groups is 2. The molecule has 7 heteroatoms. The van der Waals surface area contributed by atoms with Crippen molar-refractivity contribution in [3.8, 4) is 0 Å². The summed E-state index contributed by atoms with van der Waals surface area (Å²) in [6, 6.07) is 6.39. The first-order valence-electron chi connectivity index (χ1n) is 8.91. The van der Waals surface area contributed by atoms with Gasteiger partial charge in [-0.25, -0.2) is 9.37 Å². The number of amides is 2. The van der Waals surface area contributed by atoms with E-state index in [1.165, 1.54) is 23.5 Å². The minimum absolute atomic E-state index is 0.00126. The van der Waals surface area contributed by atoms with E-state index in [0.717, 1.165) is 24.8 Å². The molecule has 26 heavy (non-hydrogen) atoms. The van der Waals surface area contributed by atoms with E-state index in [9.17, 15) is 14.0 Å². The normalized spacial score (nSPS) is 20.2. The Morgan fingerprint density at radius 2 is 2.04 bits per heavy atom. The minimum Gasteiger partial charge on any atom is -0.335 e. The van der Waals surface area contributed by atoms with Gasteiger partial charge < -0.3 is 4.90 Å². The predicted molar refractivity (Wildman–Crippen MR) is 97.5 cm³/mol. The predicted octanol–water partition coefficient (Wildman–Crippen LogP) is 3.32. The Bertz CT molecular complexity index is 820. The van der Waals surface area contributed by atoms with Gasteiger partial charge in [-0.1, -0.05) is 12.1 Å². The number of aromatic nitrogens is 1. The maximum atomic E-state index is 13.2. The van der Waals surface area contributed by atoms with Gasteiger partial charge in [0.2, 0.25) is 11.8 Å². The van der Waals surface area contributed by atoms with Crippen molar-refractivity contribution in [1.82, 2.24) is 9.88 Å². The van der Waals surface area contributed by atoms with Crippen molar-refractivity contribution in [1.29, 1.82) is 0 Å². The van der Waals surface area contributed by atoms with Gasteiger partial charge in [-0.15, -0.1) is 11.3 Å². The van der Waals surface area contributed by atoms with Crippen LogP contribution in [-0.4, -0.2) is 34.8 Å². The zero-order valence-electron chi connectivity index (χ0n) is 14.4. The van der Waals surface area contributed by atoms with Crippen molar-refractivity contribution in [2.75, 3.05) is 18.0 Å². The molecular formula is C19H20FN3O2S. The summed E-state index contributed by atoms with van der Waals surface area (Å²) in [6.07, 6.45) is 3.50. The smallest absolute Gasteiger partial charge is 0.229 e. The Balaban J connectivity index is 1.45. The molecule has 3 heterocycles. The Morgan fingerprint density at radius 3 is 2.77 bits per heavy atom. The lowest BCUT2D eigenvalue weighted by atomic mass is 10.0.